The lowest BCUT2D eigenvalue weighted by molar-refractivity contribution is 0.226. The Morgan fingerprint density at radius 2 is 1.38 bits per heavy atom. The number of nitrogens with zero attached hydrogens (tertiary/aromatic N) is 1. The van der Waals surface area contributed by atoms with Crippen molar-refractivity contribution in [2.45, 2.75) is 66.2 Å². The van der Waals surface area contributed by atoms with Gasteiger partial charge in [-0.3, -0.25) is 0 Å². The predicted octanol–water partition coefficient (Wildman–Crippen LogP) is 5.07. The van der Waals surface area contributed by atoms with Crippen molar-refractivity contribution < 1.29 is 0 Å². The summed E-state index contributed by atoms with van der Waals surface area (Å²) in [6.07, 6.45) is 8.63. The van der Waals surface area contributed by atoms with E-state index in [1.165, 1.54) is 68.4 Å². The molecule has 2 heteroatoms. The second-order valence-corrected chi connectivity index (χ2v) is 6.69. The van der Waals surface area contributed by atoms with E-state index in [2.05, 4.69) is 30.9 Å². The van der Waals surface area contributed by atoms with Crippen molar-refractivity contribution in [3.8, 4) is 0 Å². The smallest absolute Gasteiger partial charge is 0.0374 e. The van der Waals surface area contributed by atoms with Crippen molar-refractivity contribution >= 4 is 11.4 Å². The summed E-state index contributed by atoms with van der Waals surface area (Å²) in [4.78, 5) is 2.56. The van der Waals surface area contributed by atoms with Crippen molar-refractivity contribution in [2.24, 2.45) is 5.41 Å². The van der Waals surface area contributed by atoms with Gasteiger partial charge in [-0.25, -0.2) is 0 Å². The van der Waals surface area contributed by atoms with E-state index in [0.29, 0.717) is 5.41 Å². The fourth-order valence-corrected chi connectivity index (χ4v) is 4.00. The first-order valence-corrected chi connectivity index (χ1v) is 8.71. The highest BCUT2D eigenvalue weighted by molar-refractivity contribution is 5.62. The van der Waals surface area contributed by atoms with Crippen LogP contribution >= 0.6 is 0 Å². The number of rotatable bonds is 1. The van der Waals surface area contributed by atoms with Crippen LogP contribution in [0.3, 0.4) is 0 Å². The number of aryl methyl sites for hydroxylation is 2. The third-order valence-corrected chi connectivity index (χ3v) is 5.43. The maximum absolute atomic E-state index is 6.06. The van der Waals surface area contributed by atoms with Gasteiger partial charge >= 0.3 is 0 Å². The van der Waals surface area contributed by atoms with Gasteiger partial charge in [0.15, 0.2) is 0 Å². The van der Waals surface area contributed by atoms with Gasteiger partial charge in [-0.15, -0.1) is 0 Å². The summed E-state index contributed by atoms with van der Waals surface area (Å²) in [5.74, 6) is 0. The SMILES string of the molecule is CC.Cc1cc(N2CCC3(CCCC3)CC2)cc(C)c1N. The minimum absolute atomic E-state index is 0.703. The Bertz CT molecular complexity index is 439. The minimum atomic E-state index is 0.703. The highest BCUT2D eigenvalue weighted by atomic mass is 15.1. The fourth-order valence-electron chi connectivity index (χ4n) is 4.00. The van der Waals surface area contributed by atoms with Crippen LogP contribution in [0.1, 0.15) is 63.5 Å². The van der Waals surface area contributed by atoms with E-state index in [1.54, 1.807) is 0 Å². The molecule has 2 nitrogen and oxygen atoms in total. The lowest BCUT2D eigenvalue weighted by Gasteiger charge is -2.40. The van der Waals surface area contributed by atoms with E-state index < -0.39 is 0 Å². The van der Waals surface area contributed by atoms with Crippen LogP contribution in [0, 0.1) is 19.3 Å². The first-order chi connectivity index (χ1) is 10.1. The van der Waals surface area contributed by atoms with Gasteiger partial charge in [-0.2, -0.15) is 0 Å². The number of anilines is 2. The van der Waals surface area contributed by atoms with Crippen molar-refractivity contribution in [1.82, 2.24) is 0 Å². The molecule has 1 heterocycles. The molecule has 2 fully saturated rings. The van der Waals surface area contributed by atoms with Gasteiger partial charge in [0.2, 0.25) is 0 Å². The van der Waals surface area contributed by atoms with Gasteiger partial charge in [-0.05, 0) is 68.2 Å². The Balaban J connectivity index is 0.000000774. The molecule has 2 aliphatic rings. The van der Waals surface area contributed by atoms with Crippen molar-refractivity contribution in [3.05, 3.63) is 23.3 Å². The van der Waals surface area contributed by atoms with Gasteiger partial charge in [0.25, 0.3) is 0 Å². The molecule has 1 aromatic carbocycles. The molecule has 0 atom stereocenters. The normalized spacial score (nSPS) is 20.3. The highest BCUT2D eigenvalue weighted by Crippen LogP contribution is 2.46. The van der Waals surface area contributed by atoms with E-state index >= 15 is 0 Å². The molecule has 1 saturated carbocycles. The molecule has 21 heavy (non-hydrogen) atoms. The molecule has 1 saturated heterocycles. The Labute approximate surface area is 130 Å². The van der Waals surface area contributed by atoms with Crippen molar-refractivity contribution in [2.75, 3.05) is 23.7 Å². The van der Waals surface area contributed by atoms with Crippen LogP contribution in [0.5, 0.6) is 0 Å². The average molecular weight is 288 g/mol. The third kappa shape index (κ3) is 3.36. The molecule has 1 aromatic rings. The quantitative estimate of drug-likeness (QED) is 0.731. The average Bonchev–Trinajstić information content (AvgIpc) is 2.95. The van der Waals surface area contributed by atoms with Crippen molar-refractivity contribution in [1.29, 1.82) is 0 Å². The molecular formula is C19H32N2. The Hall–Kier alpha value is -1.18. The molecule has 0 bridgehead atoms. The predicted molar refractivity (Wildman–Crippen MR) is 94.0 cm³/mol. The molecule has 1 aliphatic carbocycles. The summed E-state index contributed by atoms with van der Waals surface area (Å²) < 4.78 is 0. The number of hydrogen-bond acceptors (Lipinski definition) is 2. The van der Waals surface area contributed by atoms with Crippen LogP contribution in [0.25, 0.3) is 0 Å². The molecule has 118 valence electrons. The lowest BCUT2D eigenvalue weighted by atomic mass is 9.77. The Morgan fingerprint density at radius 1 is 0.905 bits per heavy atom. The molecule has 2 N–H and O–H groups in total. The van der Waals surface area contributed by atoms with E-state index in [1.807, 2.05) is 13.8 Å². The zero-order valence-electron chi connectivity index (χ0n) is 14.3. The second-order valence-electron chi connectivity index (χ2n) is 6.69. The first kappa shape index (κ1) is 16.2. The van der Waals surface area contributed by atoms with E-state index in [0.717, 1.165) is 5.69 Å². The summed E-state index contributed by atoms with van der Waals surface area (Å²) in [5, 5.41) is 0. The van der Waals surface area contributed by atoms with Crippen molar-refractivity contribution in [3.63, 3.8) is 0 Å². The number of nitrogens with two attached hydrogens (primary N) is 1. The molecule has 0 aromatic heterocycles. The number of nitrogen functional groups attached to an aromatic ring is 1. The lowest BCUT2D eigenvalue weighted by Crippen LogP contribution is -2.38. The number of benzene rings is 1. The number of hydrogen-bond donors (Lipinski definition) is 1. The van der Waals surface area contributed by atoms with Gasteiger partial charge in [0.1, 0.15) is 0 Å². The molecule has 0 amide bonds. The van der Waals surface area contributed by atoms with Crippen LogP contribution in [-0.2, 0) is 0 Å². The van der Waals surface area contributed by atoms with Crippen LogP contribution in [0.15, 0.2) is 12.1 Å². The summed E-state index contributed by atoms with van der Waals surface area (Å²) in [7, 11) is 0. The number of piperidine rings is 1. The molecule has 1 aliphatic heterocycles. The van der Waals surface area contributed by atoms with Gasteiger partial charge in [-0.1, -0.05) is 26.7 Å². The van der Waals surface area contributed by atoms with E-state index in [-0.39, 0.29) is 0 Å². The Morgan fingerprint density at radius 3 is 1.86 bits per heavy atom. The van der Waals surface area contributed by atoms with Crippen LogP contribution < -0.4 is 10.6 Å². The third-order valence-electron chi connectivity index (χ3n) is 5.43. The van der Waals surface area contributed by atoms with Gasteiger partial charge in [0.05, 0.1) is 0 Å². The standard InChI is InChI=1S/C17H26N2.C2H6/c1-13-11-15(12-14(2)16(13)18)19-9-7-17(8-10-19)5-3-4-6-17;1-2/h11-12H,3-10,18H2,1-2H3;1-2H3. The van der Waals surface area contributed by atoms with Gasteiger partial charge < -0.3 is 10.6 Å². The topological polar surface area (TPSA) is 29.3 Å². The maximum atomic E-state index is 6.06. The maximum Gasteiger partial charge on any atom is 0.0374 e. The first-order valence-electron chi connectivity index (χ1n) is 8.71. The van der Waals surface area contributed by atoms with E-state index in [4.69, 9.17) is 5.73 Å². The summed E-state index contributed by atoms with van der Waals surface area (Å²) in [6.45, 7) is 10.7. The fraction of sp³-hybridized carbons (Fsp3) is 0.684. The zero-order valence-corrected chi connectivity index (χ0v) is 14.3. The summed E-state index contributed by atoms with van der Waals surface area (Å²) in [6, 6.07) is 4.52. The largest absolute Gasteiger partial charge is 0.398 e. The molecule has 0 unspecified atom stereocenters. The molecule has 1 spiro atoms. The van der Waals surface area contributed by atoms with Crippen LogP contribution in [0.2, 0.25) is 0 Å². The zero-order chi connectivity index (χ0) is 15.5. The van der Waals surface area contributed by atoms with Crippen LogP contribution in [-0.4, -0.2) is 13.1 Å². The summed E-state index contributed by atoms with van der Waals surface area (Å²) >= 11 is 0. The molecular weight excluding hydrogens is 256 g/mol. The molecule has 3 rings (SSSR count). The molecule has 0 radical (unpaired) electrons. The second kappa shape index (κ2) is 6.72. The van der Waals surface area contributed by atoms with E-state index in [9.17, 15) is 0 Å². The Kier molecular flexibility index (Phi) is 5.18. The van der Waals surface area contributed by atoms with Gasteiger partial charge in [0, 0.05) is 24.5 Å². The monoisotopic (exact) mass is 288 g/mol. The minimum Gasteiger partial charge on any atom is -0.398 e. The van der Waals surface area contributed by atoms with Crippen LogP contribution in [0.4, 0.5) is 11.4 Å². The summed E-state index contributed by atoms with van der Waals surface area (Å²) in [5.41, 5.74) is 11.5. The highest BCUT2D eigenvalue weighted by Gasteiger charge is 2.36.